The summed E-state index contributed by atoms with van der Waals surface area (Å²) in [6.07, 6.45) is 4.79. The first-order valence-corrected chi connectivity index (χ1v) is 7.98. The molecule has 3 saturated heterocycles. The molecular formula is C16H21N3O3. The van der Waals surface area contributed by atoms with Gasteiger partial charge >= 0.3 is 0 Å². The standard InChI is InChI=1S/C16H21N3O3/c20-16(19-5-2-6-22-19)14-11-21-15-10-18(9-13(14)15)8-12-3-1-4-17-7-12/h1,3-4,7,13-15H,2,5-6,8-11H2/t13-,14+,15-/m0/s1. The number of hydroxylamine groups is 2. The van der Waals surface area contributed by atoms with Gasteiger partial charge in [-0.2, -0.15) is 0 Å². The molecule has 4 rings (SSSR count). The molecule has 118 valence electrons. The lowest BCUT2D eigenvalue weighted by molar-refractivity contribution is -0.174. The molecule has 0 unspecified atom stereocenters. The van der Waals surface area contributed by atoms with E-state index >= 15 is 0 Å². The Balaban J connectivity index is 1.39. The van der Waals surface area contributed by atoms with Crippen molar-refractivity contribution in [1.29, 1.82) is 0 Å². The normalized spacial score (nSPS) is 31.6. The highest BCUT2D eigenvalue weighted by Gasteiger charge is 2.48. The average molecular weight is 303 g/mol. The Kier molecular flexibility index (Phi) is 3.82. The first-order valence-electron chi connectivity index (χ1n) is 7.98. The lowest BCUT2D eigenvalue weighted by Gasteiger charge is -2.22. The predicted octanol–water partition coefficient (Wildman–Crippen LogP) is 0.692. The van der Waals surface area contributed by atoms with Crippen LogP contribution in [0.1, 0.15) is 12.0 Å². The molecule has 0 saturated carbocycles. The Hall–Kier alpha value is -1.50. The Labute approximate surface area is 130 Å². The molecule has 1 aromatic rings. The number of carbonyl (C=O) groups is 1. The Bertz CT molecular complexity index is 533. The summed E-state index contributed by atoms with van der Waals surface area (Å²) in [4.78, 5) is 24.5. The van der Waals surface area contributed by atoms with E-state index in [1.807, 2.05) is 12.3 Å². The summed E-state index contributed by atoms with van der Waals surface area (Å²) >= 11 is 0. The van der Waals surface area contributed by atoms with Crippen LogP contribution in [0.15, 0.2) is 24.5 Å². The van der Waals surface area contributed by atoms with E-state index < -0.39 is 0 Å². The summed E-state index contributed by atoms with van der Waals surface area (Å²) in [5.74, 6) is 0.337. The number of pyridine rings is 1. The highest BCUT2D eigenvalue weighted by molar-refractivity contribution is 5.79. The van der Waals surface area contributed by atoms with Crippen LogP contribution in [0.2, 0.25) is 0 Å². The lowest BCUT2D eigenvalue weighted by Crippen LogP contribution is -2.38. The highest BCUT2D eigenvalue weighted by atomic mass is 16.7. The maximum absolute atomic E-state index is 12.5. The molecule has 3 atom stereocenters. The van der Waals surface area contributed by atoms with Gasteiger partial charge < -0.3 is 4.74 Å². The number of rotatable bonds is 3. The topological polar surface area (TPSA) is 54.9 Å². The second-order valence-corrected chi connectivity index (χ2v) is 6.32. The fourth-order valence-electron chi connectivity index (χ4n) is 3.73. The van der Waals surface area contributed by atoms with E-state index in [4.69, 9.17) is 9.57 Å². The summed E-state index contributed by atoms with van der Waals surface area (Å²) in [5.41, 5.74) is 1.20. The second kappa shape index (κ2) is 5.95. The Morgan fingerprint density at radius 2 is 2.36 bits per heavy atom. The molecule has 22 heavy (non-hydrogen) atoms. The second-order valence-electron chi connectivity index (χ2n) is 6.32. The van der Waals surface area contributed by atoms with Gasteiger partial charge in [-0.15, -0.1) is 0 Å². The monoisotopic (exact) mass is 303 g/mol. The fraction of sp³-hybridized carbons (Fsp3) is 0.625. The molecule has 0 radical (unpaired) electrons. The van der Waals surface area contributed by atoms with Crippen molar-refractivity contribution < 1.29 is 14.4 Å². The Morgan fingerprint density at radius 1 is 1.41 bits per heavy atom. The number of amides is 1. The van der Waals surface area contributed by atoms with E-state index in [0.717, 1.165) is 26.1 Å². The molecule has 6 nitrogen and oxygen atoms in total. The third-order valence-corrected chi connectivity index (χ3v) is 4.84. The first kappa shape index (κ1) is 14.1. The van der Waals surface area contributed by atoms with Crippen molar-refractivity contribution in [3.05, 3.63) is 30.1 Å². The number of carbonyl (C=O) groups excluding carboxylic acids is 1. The maximum Gasteiger partial charge on any atom is 0.251 e. The predicted molar refractivity (Wildman–Crippen MR) is 78.5 cm³/mol. The first-order chi connectivity index (χ1) is 10.8. The molecular weight excluding hydrogens is 282 g/mol. The lowest BCUT2D eigenvalue weighted by atomic mass is 9.92. The summed E-state index contributed by atoms with van der Waals surface area (Å²) in [6.45, 7) is 4.57. The minimum Gasteiger partial charge on any atom is -0.376 e. The minimum atomic E-state index is -0.0537. The third-order valence-electron chi connectivity index (χ3n) is 4.84. The van der Waals surface area contributed by atoms with Gasteiger partial charge in [0, 0.05) is 37.9 Å². The van der Waals surface area contributed by atoms with Crippen molar-refractivity contribution in [2.24, 2.45) is 11.8 Å². The van der Waals surface area contributed by atoms with Gasteiger partial charge in [0.15, 0.2) is 0 Å². The third kappa shape index (κ3) is 2.62. The van der Waals surface area contributed by atoms with Crippen LogP contribution in [0.25, 0.3) is 0 Å². The number of hydrogen-bond donors (Lipinski definition) is 0. The van der Waals surface area contributed by atoms with Gasteiger partial charge in [-0.05, 0) is 18.1 Å². The van der Waals surface area contributed by atoms with Crippen molar-refractivity contribution in [2.45, 2.75) is 19.1 Å². The molecule has 3 aliphatic rings. The van der Waals surface area contributed by atoms with Crippen LogP contribution in [-0.2, 0) is 20.9 Å². The molecule has 1 aromatic heterocycles. The van der Waals surface area contributed by atoms with Crippen LogP contribution in [0, 0.1) is 11.8 Å². The van der Waals surface area contributed by atoms with E-state index in [0.29, 0.717) is 19.8 Å². The number of aromatic nitrogens is 1. The SMILES string of the molecule is O=C([C@@H]1CO[C@H]2CN(Cc3cccnc3)C[C@H]21)N1CCCO1. The van der Waals surface area contributed by atoms with Crippen molar-refractivity contribution in [2.75, 3.05) is 32.8 Å². The van der Waals surface area contributed by atoms with Gasteiger partial charge in [-0.25, -0.2) is 5.06 Å². The summed E-state index contributed by atoms with van der Waals surface area (Å²) in [5, 5.41) is 1.54. The highest BCUT2D eigenvalue weighted by Crippen LogP contribution is 2.35. The van der Waals surface area contributed by atoms with E-state index in [1.54, 1.807) is 11.3 Å². The Morgan fingerprint density at radius 3 is 3.14 bits per heavy atom. The quantitative estimate of drug-likeness (QED) is 0.822. The zero-order valence-corrected chi connectivity index (χ0v) is 12.6. The van der Waals surface area contributed by atoms with Crippen LogP contribution < -0.4 is 0 Å². The van der Waals surface area contributed by atoms with Gasteiger partial charge in [0.2, 0.25) is 0 Å². The maximum atomic E-state index is 12.5. The average Bonchev–Trinajstić information content (AvgIpc) is 3.24. The van der Waals surface area contributed by atoms with Crippen LogP contribution in [0.4, 0.5) is 0 Å². The van der Waals surface area contributed by atoms with Gasteiger partial charge in [-0.3, -0.25) is 19.5 Å². The molecule has 3 aliphatic heterocycles. The number of nitrogens with zero attached hydrogens (tertiary/aromatic N) is 3. The van der Waals surface area contributed by atoms with Gasteiger partial charge in [0.25, 0.3) is 5.91 Å². The van der Waals surface area contributed by atoms with E-state index in [1.165, 1.54) is 5.56 Å². The van der Waals surface area contributed by atoms with Crippen LogP contribution in [-0.4, -0.2) is 59.8 Å². The van der Waals surface area contributed by atoms with Gasteiger partial charge in [0.1, 0.15) is 0 Å². The summed E-state index contributed by atoms with van der Waals surface area (Å²) < 4.78 is 5.88. The molecule has 6 heteroatoms. The van der Waals surface area contributed by atoms with E-state index in [-0.39, 0.29) is 23.8 Å². The molecule has 0 spiro atoms. The largest absolute Gasteiger partial charge is 0.376 e. The molecule has 0 N–H and O–H groups in total. The van der Waals surface area contributed by atoms with Crippen molar-refractivity contribution in [3.8, 4) is 0 Å². The van der Waals surface area contributed by atoms with Crippen LogP contribution in [0.5, 0.6) is 0 Å². The number of fused-ring (bicyclic) bond motifs is 1. The smallest absolute Gasteiger partial charge is 0.251 e. The zero-order valence-electron chi connectivity index (χ0n) is 12.6. The minimum absolute atomic E-state index is 0.0537. The molecule has 0 aromatic carbocycles. The number of ether oxygens (including phenoxy) is 1. The summed E-state index contributed by atoms with van der Waals surface area (Å²) in [7, 11) is 0. The molecule has 4 heterocycles. The zero-order chi connectivity index (χ0) is 14.9. The van der Waals surface area contributed by atoms with E-state index in [2.05, 4.69) is 16.0 Å². The fourth-order valence-corrected chi connectivity index (χ4v) is 3.73. The van der Waals surface area contributed by atoms with Gasteiger partial charge in [0.05, 0.1) is 31.8 Å². The molecule has 1 amide bonds. The molecule has 3 fully saturated rings. The molecule has 0 bridgehead atoms. The van der Waals surface area contributed by atoms with Crippen LogP contribution >= 0.6 is 0 Å². The summed E-state index contributed by atoms with van der Waals surface area (Å²) in [6, 6.07) is 4.04. The van der Waals surface area contributed by atoms with Crippen molar-refractivity contribution in [3.63, 3.8) is 0 Å². The van der Waals surface area contributed by atoms with Crippen molar-refractivity contribution >= 4 is 5.91 Å². The number of likely N-dealkylation sites (tertiary alicyclic amines) is 1. The van der Waals surface area contributed by atoms with E-state index in [9.17, 15) is 4.79 Å². The van der Waals surface area contributed by atoms with Crippen LogP contribution in [0.3, 0.4) is 0 Å². The van der Waals surface area contributed by atoms with Gasteiger partial charge in [-0.1, -0.05) is 6.07 Å². The van der Waals surface area contributed by atoms with Crippen molar-refractivity contribution in [1.82, 2.24) is 14.9 Å². The number of hydrogen-bond acceptors (Lipinski definition) is 5. The molecule has 0 aliphatic carbocycles.